The summed E-state index contributed by atoms with van der Waals surface area (Å²) in [7, 11) is 0. The molecule has 180 valence electrons. The first-order valence-corrected chi connectivity index (χ1v) is 11.8. The van der Waals surface area contributed by atoms with E-state index in [9.17, 15) is 9.59 Å². The summed E-state index contributed by atoms with van der Waals surface area (Å²) in [6.45, 7) is 8.47. The third kappa shape index (κ3) is 5.70. The Morgan fingerprint density at radius 2 is 1.73 bits per heavy atom. The third-order valence-electron chi connectivity index (χ3n) is 6.47. The third-order valence-corrected chi connectivity index (χ3v) is 6.47. The summed E-state index contributed by atoms with van der Waals surface area (Å²) < 4.78 is 5.68. The van der Waals surface area contributed by atoms with Crippen LogP contribution in [0.4, 0.5) is 0 Å². The van der Waals surface area contributed by atoms with Crippen LogP contribution in [0, 0.1) is 23.7 Å². The number of hydrogen-bond donors (Lipinski definition) is 2. The van der Waals surface area contributed by atoms with E-state index in [-0.39, 0.29) is 65.6 Å². The van der Waals surface area contributed by atoms with Gasteiger partial charge < -0.3 is 15.4 Å². The second kappa shape index (κ2) is 11.4. The molecule has 1 aromatic carbocycles. The predicted octanol–water partition coefficient (Wildman–Crippen LogP) is 3.34. The van der Waals surface area contributed by atoms with Crippen LogP contribution in [0.2, 0.25) is 0 Å². The molecular weight excluding hydrogens is 531 g/mol. The minimum Gasteiger partial charge on any atom is -0.491 e. The van der Waals surface area contributed by atoms with Gasteiger partial charge in [-0.2, -0.15) is 0 Å². The Kier molecular flexibility index (Phi) is 8.78. The lowest BCUT2D eigenvalue weighted by Gasteiger charge is -2.18. The quantitative estimate of drug-likeness (QED) is 0.120. The number of rotatable bonds is 9. The summed E-state index contributed by atoms with van der Waals surface area (Å²) in [5.41, 5.74) is 1.10. The molecule has 2 amide bonds. The highest BCUT2D eigenvalue weighted by Crippen LogP contribution is 2.52. The Balaban J connectivity index is 0.00000306. The van der Waals surface area contributed by atoms with Crippen LogP contribution in [0.5, 0.6) is 5.75 Å². The van der Waals surface area contributed by atoms with Crippen LogP contribution < -0.4 is 15.4 Å². The number of amides is 2. The maximum absolute atomic E-state index is 12.8. The molecule has 2 N–H and O–H groups in total. The zero-order valence-corrected chi connectivity index (χ0v) is 22.0. The molecule has 1 aromatic rings. The van der Waals surface area contributed by atoms with Gasteiger partial charge in [0.2, 0.25) is 11.8 Å². The van der Waals surface area contributed by atoms with Crippen LogP contribution in [0.1, 0.15) is 39.2 Å². The van der Waals surface area contributed by atoms with Gasteiger partial charge in [-0.1, -0.05) is 24.3 Å². The molecule has 4 rings (SSSR count). The van der Waals surface area contributed by atoms with Crippen molar-refractivity contribution in [3.63, 3.8) is 0 Å². The number of carbonyl (C=O) groups is 2. The van der Waals surface area contributed by atoms with E-state index in [4.69, 9.17) is 4.74 Å². The van der Waals surface area contributed by atoms with Crippen molar-refractivity contribution in [2.75, 3.05) is 19.6 Å². The lowest BCUT2D eigenvalue weighted by molar-refractivity contribution is -0.140. The van der Waals surface area contributed by atoms with Crippen molar-refractivity contribution in [2.45, 2.75) is 46.3 Å². The number of ether oxygens (including phenoxy) is 1. The Morgan fingerprint density at radius 3 is 2.30 bits per heavy atom. The molecule has 4 unspecified atom stereocenters. The molecule has 0 aromatic heterocycles. The second-order valence-electron chi connectivity index (χ2n) is 9.11. The fourth-order valence-corrected chi connectivity index (χ4v) is 5.09. The number of fused-ring (bicyclic) bond motifs is 5. The van der Waals surface area contributed by atoms with Crippen LogP contribution >= 0.6 is 24.0 Å². The van der Waals surface area contributed by atoms with Crippen molar-refractivity contribution in [1.82, 2.24) is 15.5 Å². The Morgan fingerprint density at radius 1 is 1.09 bits per heavy atom. The van der Waals surface area contributed by atoms with E-state index in [1.165, 1.54) is 4.90 Å². The smallest absolute Gasteiger partial charge is 0.233 e. The number of allylic oxidation sites excluding steroid dienone is 2. The van der Waals surface area contributed by atoms with Crippen LogP contribution in [0.25, 0.3) is 0 Å². The molecule has 2 fully saturated rings. The first-order valence-electron chi connectivity index (χ1n) is 11.8. The molecule has 1 aliphatic heterocycles. The van der Waals surface area contributed by atoms with E-state index >= 15 is 0 Å². The molecule has 1 saturated heterocycles. The summed E-state index contributed by atoms with van der Waals surface area (Å²) in [4.78, 5) is 31.7. The van der Waals surface area contributed by atoms with Gasteiger partial charge in [0.1, 0.15) is 5.75 Å². The van der Waals surface area contributed by atoms with Gasteiger partial charge in [-0.3, -0.25) is 14.5 Å². The molecule has 33 heavy (non-hydrogen) atoms. The van der Waals surface area contributed by atoms with E-state index in [1.807, 2.05) is 45.0 Å². The summed E-state index contributed by atoms with van der Waals surface area (Å²) in [5, 5.41) is 6.56. The maximum Gasteiger partial charge on any atom is 0.233 e. The highest BCUT2D eigenvalue weighted by atomic mass is 127. The number of halogens is 1. The van der Waals surface area contributed by atoms with Crippen molar-refractivity contribution >= 4 is 41.8 Å². The van der Waals surface area contributed by atoms with Crippen molar-refractivity contribution in [3.8, 4) is 5.75 Å². The van der Waals surface area contributed by atoms with E-state index in [0.717, 1.165) is 30.2 Å². The number of carbonyl (C=O) groups excluding carboxylic acids is 2. The van der Waals surface area contributed by atoms with Gasteiger partial charge in [0, 0.05) is 19.6 Å². The number of likely N-dealkylation sites (tertiary alicyclic amines) is 1. The monoisotopic (exact) mass is 566 g/mol. The largest absolute Gasteiger partial charge is 0.491 e. The first kappa shape index (κ1) is 25.5. The van der Waals surface area contributed by atoms with Crippen molar-refractivity contribution < 1.29 is 14.3 Å². The number of guanidine groups is 1. The summed E-state index contributed by atoms with van der Waals surface area (Å²) >= 11 is 0. The van der Waals surface area contributed by atoms with Gasteiger partial charge in [0.25, 0.3) is 0 Å². The number of aliphatic imine (C=N–C) groups is 1. The van der Waals surface area contributed by atoms with Crippen molar-refractivity contribution in [3.05, 3.63) is 42.0 Å². The first-order chi connectivity index (χ1) is 15.5. The van der Waals surface area contributed by atoms with Crippen LogP contribution in [-0.2, 0) is 16.1 Å². The molecule has 1 heterocycles. The Hall–Kier alpha value is -2.10. The summed E-state index contributed by atoms with van der Waals surface area (Å²) in [5.74, 6) is 1.96. The van der Waals surface area contributed by atoms with E-state index in [2.05, 4.69) is 27.8 Å². The number of imide groups is 1. The van der Waals surface area contributed by atoms with Gasteiger partial charge >= 0.3 is 0 Å². The van der Waals surface area contributed by atoms with Crippen LogP contribution in [-0.4, -0.2) is 48.4 Å². The molecule has 0 radical (unpaired) electrons. The summed E-state index contributed by atoms with van der Waals surface area (Å²) in [6.07, 6.45) is 6.09. The molecule has 2 aliphatic carbocycles. The van der Waals surface area contributed by atoms with E-state index in [0.29, 0.717) is 26.1 Å². The predicted molar refractivity (Wildman–Crippen MR) is 139 cm³/mol. The minimum absolute atomic E-state index is 0. The maximum atomic E-state index is 12.8. The number of nitrogens with one attached hydrogen (secondary N) is 2. The van der Waals surface area contributed by atoms with Crippen molar-refractivity contribution in [2.24, 2.45) is 28.7 Å². The van der Waals surface area contributed by atoms with Gasteiger partial charge in [-0.05, 0) is 63.1 Å². The molecule has 7 nitrogen and oxygen atoms in total. The molecule has 0 spiro atoms. The van der Waals surface area contributed by atoms with Gasteiger partial charge in [-0.15, -0.1) is 24.0 Å². The average molecular weight is 566 g/mol. The number of hydrogen-bond acceptors (Lipinski definition) is 4. The minimum atomic E-state index is -0.110. The molecular formula is C25H35IN4O3. The highest BCUT2D eigenvalue weighted by Gasteiger charge is 2.58. The SMILES string of the molecule is CCNC(=NCc1ccc(OC(C)C)cc1)NCCCN1C(=O)C2C3C=CC(C3)C2C1=O.I. The topological polar surface area (TPSA) is 83.0 Å². The molecule has 1 saturated carbocycles. The average Bonchev–Trinajstić information content (AvgIpc) is 3.45. The lowest BCUT2D eigenvalue weighted by Crippen LogP contribution is -2.40. The Labute approximate surface area is 213 Å². The fourth-order valence-electron chi connectivity index (χ4n) is 5.09. The lowest BCUT2D eigenvalue weighted by atomic mass is 9.85. The number of nitrogens with zero attached hydrogens (tertiary/aromatic N) is 2. The van der Waals surface area contributed by atoms with Gasteiger partial charge in [0.15, 0.2) is 5.96 Å². The molecule has 2 bridgehead atoms. The fraction of sp³-hybridized carbons (Fsp3) is 0.560. The van der Waals surface area contributed by atoms with Gasteiger partial charge in [-0.25, -0.2) is 4.99 Å². The van der Waals surface area contributed by atoms with Crippen LogP contribution in [0.15, 0.2) is 41.4 Å². The zero-order valence-electron chi connectivity index (χ0n) is 19.6. The van der Waals surface area contributed by atoms with E-state index in [1.54, 1.807) is 0 Å². The molecule has 3 aliphatic rings. The highest BCUT2D eigenvalue weighted by molar-refractivity contribution is 14.0. The Bertz CT molecular complexity index is 869. The normalized spacial score (nSPS) is 25.5. The molecule has 8 heteroatoms. The van der Waals surface area contributed by atoms with Crippen LogP contribution in [0.3, 0.4) is 0 Å². The standard InChI is InChI=1S/C25H34N4O3.HI/c1-4-26-25(28-15-17-6-10-20(11-7-17)32-16(2)3)27-12-5-13-29-23(30)21-18-8-9-19(14-18)22(21)24(29)31;/h6-11,16,18-19,21-22H,4-5,12-15H2,1-3H3,(H2,26,27,28);1H. The number of benzene rings is 1. The molecule has 4 atom stereocenters. The van der Waals surface area contributed by atoms with Gasteiger partial charge in [0.05, 0.1) is 24.5 Å². The summed E-state index contributed by atoms with van der Waals surface area (Å²) in [6, 6.07) is 7.97. The zero-order chi connectivity index (χ0) is 22.7. The van der Waals surface area contributed by atoms with E-state index < -0.39 is 0 Å². The van der Waals surface area contributed by atoms with Crippen molar-refractivity contribution in [1.29, 1.82) is 0 Å². The second-order valence-corrected chi connectivity index (χ2v) is 9.11.